The van der Waals surface area contributed by atoms with E-state index in [1.54, 1.807) is 0 Å². The van der Waals surface area contributed by atoms with Gasteiger partial charge in [0.1, 0.15) is 6.04 Å². The number of hydrogen-bond donors (Lipinski definition) is 1. The Bertz CT molecular complexity index is 699. The Kier molecular flexibility index (Phi) is 4.71. The van der Waals surface area contributed by atoms with Gasteiger partial charge in [-0.05, 0) is 18.4 Å². The number of carboxylic acid groups (broad SMARTS) is 1. The van der Waals surface area contributed by atoms with Crippen molar-refractivity contribution in [2.45, 2.75) is 31.7 Å². The zero-order chi connectivity index (χ0) is 16.2. The monoisotopic (exact) mass is 330 g/mol. The third-order valence-electron chi connectivity index (χ3n) is 3.99. The largest absolute Gasteiger partial charge is 0.480 e. The molecule has 0 radical (unpaired) electrons. The number of carbonyl (C=O) groups excluding carboxylic acids is 1. The van der Waals surface area contributed by atoms with Gasteiger partial charge in [-0.25, -0.2) is 9.78 Å². The SMILES string of the molecule is O=C(O)[C@@H]1CCCN1C(=O)Cc1csc(Cc2ccccc2)n1. The van der Waals surface area contributed by atoms with Crippen molar-refractivity contribution in [2.75, 3.05) is 6.54 Å². The first-order valence-corrected chi connectivity index (χ1v) is 8.51. The van der Waals surface area contributed by atoms with Gasteiger partial charge in [-0.2, -0.15) is 0 Å². The molecule has 2 heterocycles. The fourth-order valence-corrected chi connectivity index (χ4v) is 3.69. The van der Waals surface area contributed by atoms with Gasteiger partial charge < -0.3 is 10.0 Å². The molecular formula is C17H18N2O3S. The minimum atomic E-state index is -0.918. The first-order valence-electron chi connectivity index (χ1n) is 7.63. The van der Waals surface area contributed by atoms with E-state index >= 15 is 0 Å². The zero-order valence-corrected chi connectivity index (χ0v) is 13.5. The van der Waals surface area contributed by atoms with Crippen LogP contribution in [0.3, 0.4) is 0 Å². The third-order valence-corrected chi connectivity index (χ3v) is 4.89. The molecule has 0 bridgehead atoms. The number of carboxylic acids is 1. The Balaban J connectivity index is 1.62. The molecule has 0 spiro atoms. The number of rotatable bonds is 5. The van der Waals surface area contributed by atoms with Crippen LogP contribution >= 0.6 is 11.3 Å². The molecule has 3 rings (SSSR count). The number of aromatic nitrogens is 1. The predicted octanol–water partition coefficient (Wildman–Crippen LogP) is 2.35. The van der Waals surface area contributed by atoms with Crippen LogP contribution < -0.4 is 0 Å². The van der Waals surface area contributed by atoms with Crippen LogP contribution in [-0.2, 0) is 22.4 Å². The third kappa shape index (κ3) is 3.76. The average molecular weight is 330 g/mol. The molecule has 1 amide bonds. The highest BCUT2D eigenvalue weighted by molar-refractivity contribution is 7.09. The molecule has 23 heavy (non-hydrogen) atoms. The van der Waals surface area contributed by atoms with Crippen molar-refractivity contribution in [3.63, 3.8) is 0 Å². The Morgan fingerprint density at radius 3 is 2.83 bits per heavy atom. The van der Waals surface area contributed by atoms with E-state index in [4.69, 9.17) is 5.11 Å². The number of nitrogens with zero attached hydrogens (tertiary/aromatic N) is 2. The summed E-state index contributed by atoms with van der Waals surface area (Å²) in [7, 11) is 0. The molecule has 0 unspecified atom stereocenters. The van der Waals surface area contributed by atoms with Crippen molar-refractivity contribution in [1.82, 2.24) is 9.88 Å². The highest BCUT2D eigenvalue weighted by atomic mass is 32.1. The van der Waals surface area contributed by atoms with Crippen LogP contribution in [-0.4, -0.2) is 39.5 Å². The molecular weight excluding hydrogens is 312 g/mol. The fourth-order valence-electron chi connectivity index (χ4n) is 2.86. The quantitative estimate of drug-likeness (QED) is 0.913. The van der Waals surface area contributed by atoms with Crippen LogP contribution in [0.1, 0.15) is 29.1 Å². The zero-order valence-electron chi connectivity index (χ0n) is 12.6. The molecule has 120 valence electrons. The van der Waals surface area contributed by atoms with Crippen LogP contribution in [0.2, 0.25) is 0 Å². The van der Waals surface area contributed by atoms with Gasteiger partial charge in [-0.3, -0.25) is 4.79 Å². The maximum atomic E-state index is 12.3. The smallest absolute Gasteiger partial charge is 0.326 e. The molecule has 5 nitrogen and oxygen atoms in total. The summed E-state index contributed by atoms with van der Waals surface area (Å²) in [6, 6.07) is 9.39. The van der Waals surface area contributed by atoms with Gasteiger partial charge in [0.05, 0.1) is 17.1 Å². The minimum Gasteiger partial charge on any atom is -0.480 e. The van der Waals surface area contributed by atoms with E-state index in [-0.39, 0.29) is 12.3 Å². The van der Waals surface area contributed by atoms with E-state index in [0.717, 1.165) is 23.5 Å². The summed E-state index contributed by atoms with van der Waals surface area (Å²) in [6.45, 7) is 0.525. The van der Waals surface area contributed by atoms with Crippen LogP contribution in [0.25, 0.3) is 0 Å². The number of aliphatic carboxylic acids is 1. The maximum Gasteiger partial charge on any atom is 0.326 e. The Labute approximate surface area is 138 Å². The van der Waals surface area contributed by atoms with E-state index < -0.39 is 12.0 Å². The van der Waals surface area contributed by atoms with Crippen molar-refractivity contribution in [3.8, 4) is 0 Å². The van der Waals surface area contributed by atoms with Gasteiger partial charge in [-0.15, -0.1) is 11.3 Å². The molecule has 0 aliphatic carbocycles. The summed E-state index contributed by atoms with van der Waals surface area (Å²) in [5.74, 6) is -1.06. The normalized spacial score (nSPS) is 17.4. The molecule has 1 aliphatic rings. The number of hydrogen-bond acceptors (Lipinski definition) is 4. The molecule has 6 heteroatoms. The Morgan fingerprint density at radius 1 is 1.30 bits per heavy atom. The molecule has 1 aliphatic heterocycles. The first kappa shape index (κ1) is 15.7. The average Bonchev–Trinajstić information content (AvgIpc) is 3.17. The van der Waals surface area contributed by atoms with Crippen molar-refractivity contribution in [1.29, 1.82) is 0 Å². The predicted molar refractivity (Wildman–Crippen MR) is 87.4 cm³/mol. The highest BCUT2D eigenvalue weighted by Crippen LogP contribution is 2.20. The summed E-state index contributed by atoms with van der Waals surface area (Å²) in [6.07, 6.45) is 2.21. The lowest BCUT2D eigenvalue weighted by Gasteiger charge is -2.20. The highest BCUT2D eigenvalue weighted by Gasteiger charge is 2.33. The lowest BCUT2D eigenvalue weighted by atomic mass is 10.2. The van der Waals surface area contributed by atoms with E-state index in [9.17, 15) is 9.59 Å². The summed E-state index contributed by atoms with van der Waals surface area (Å²) < 4.78 is 0. The van der Waals surface area contributed by atoms with Crippen LogP contribution in [0.15, 0.2) is 35.7 Å². The second-order valence-corrected chi connectivity index (χ2v) is 6.60. The number of amides is 1. The topological polar surface area (TPSA) is 70.5 Å². The van der Waals surface area contributed by atoms with E-state index in [1.807, 2.05) is 35.7 Å². The van der Waals surface area contributed by atoms with Gasteiger partial charge >= 0.3 is 5.97 Å². The Morgan fingerprint density at radius 2 is 2.09 bits per heavy atom. The van der Waals surface area contributed by atoms with Crippen molar-refractivity contribution in [3.05, 3.63) is 52.0 Å². The van der Waals surface area contributed by atoms with Crippen LogP contribution in [0.4, 0.5) is 0 Å². The molecule has 1 aromatic carbocycles. The maximum absolute atomic E-state index is 12.3. The van der Waals surface area contributed by atoms with Crippen molar-refractivity contribution in [2.24, 2.45) is 0 Å². The molecule has 1 N–H and O–H groups in total. The standard InChI is InChI=1S/C17H18N2O3S/c20-16(19-8-4-7-14(19)17(21)22)10-13-11-23-15(18-13)9-12-5-2-1-3-6-12/h1-3,5-6,11,14H,4,7-10H2,(H,21,22)/t14-/m0/s1. The summed E-state index contributed by atoms with van der Waals surface area (Å²) in [5, 5.41) is 12.0. The van der Waals surface area contributed by atoms with Crippen molar-refractivity contribution >= 4 is 23.2 Å². The van der Waals surface area contributed by atoms with Gasteiger partial charge in [0.2, 0.25) is 5.91 Å². The van der Waals surface area contributed by atoms with Crippen LogP contribution in [0, 0.1) is 0 Å². The summed E-state index contributed by atoms with van der Waals surface area (Å²) in [4.78, 5) is 29.5. The Hall–Kier alpha value is -2.21. The molecule has 1 fully saturated rings. The van der Waals surface area contributed by atoms with Gasteiger partial charge in [0, 0.05) is 18.3 Å². The first-order chi connectivity index (χ1) is 11.1. The number of benzene rings is 1. The second kappa shape index (κ2) is 6.91. The van der Waals surface area contributed by atoms with E-state index in [0.29, 0.717) is 13.0 Å². The van der Waals surface area contributed by atoms with E-state index in [1.165, 1.54) is 21.8 Å². The number of likely N-dealkylation sites (tertiary alicyclic amines) is 1. The van der Waals surface area contributed by atoms with Gasteiger partial charge in [0.15, 0.2) is 0 Å². The summed E-state index contributed by atoms with van der Waals surface area (Å²) >= 11 is 1.54. The number of thiazole rings is 1. The molecule has 1 saturated heterocycles. The van der Waals surface area contributed by atoms with Crippen molar-refractivity contribution < 1.29 is 14.7 Å². The van der Waals surface area contributed by atoms with Gasteiger partial charge in [0.25, 0.3) is 0 Å². The lowest BCUT2D eigenvalue weighted by Crippen LogP contribution is -2.41. The van der Waals surface area contributed by atoms with E-state index in [2.05, 4.69) is 4.98 Å². The lowest BCUT2D eigenvalue weighted by molar-refractivity contribution is -0.148. The molecule has 1 aromatic heterocycles. The fraction of sp³-hybridized carbons (Fsp3) is 0.353. The van der Waals surface area contributed by atoms with Gasteiger partial charge in [-0.1, -0.05) is 30.3 Å². The second-order valence-electron chi connectivity index (χ2n) is 5.66. The number of carbonyl (C=O) groups is 2. The molecule has 1 atom stereocenters. The minimum absolute atomic E-state index is 0.147. The summed E-state index contributed by atoms with van der Waals surface area (Å²) in [5.41, 5.74) is 1.91. The van der Waals surface area contributed by atoms with Crippen LogP contribution in [0.5, 0.6) is 0 Å². The molecule has 0 saturated carbocycles. The molecule has 2 aromatic rings.